The second-order valence-electron chi connectivity index (χ2n) is 5.14. The number of pyridine rings is 1. The maximum Gasteiger partial charge on any atom is 0.261 e. The Labute approximate surface area is 139 Å². The predicted molar refractivity (Wildman–Crippen MR) is 93.1 cm³/mol. The van der Waals surface area contributed by atoms with Crippen LogP contribution in [0.4, 0.5) is 0 Å². The van der Waals surface area contributed by atoms with E-state index in [1.54, 1.807) is 12.4 Å². The first-order chi connectivity index (χ1) is 11.3. The monoisotopic (exact) mass is 323 g/mol. The highest BCUT2D eigenvalue weighted by molar-refractivity contribution is 7.12. The summed E-state index contributed by atoms with van der Waals surface area (Å²) in [6.45, 7) is 0.950. The van der Waals surface area contributed by atoms with Crippen molar-refractivity contribution in [2.75, 3.05) is 0 Å². The van der Waals surface area contributed by atoms with Crippen LogP contribution in [0, 0.1) is 0 Å². The molecule has 0 fully saturated rings. The summed E-state index contributed by atoms with van der Waals surface area (Å²) >= 11 is 1.42. The fourth-order valence-electron chi connectivity index (χ4n) is 2.28. The quantitative estimate of drug-likeness (QED) is 0.757. The molecule has 4 nitrogen and oxygen atoms in total. The number of amides is 1. The Morgan fingerprint density at radius 2 is 1.91 bits per heavy atom. The van der Waals surface area contributed by atoms with Gasteiger partial charge in [-0.05, 0) is 51.9 Å². The summed E-state index contributed by atoms with van der Waals surface area (Å²) in [4.78, 5) is 16.9. The topological polar surface area (TPSA) is 68.0 Å². The van der Waals surface area contributed by atoms with Gasteiger partial charge in [-0.1, -0.05) is 18.2 Å². The normalized spacial score (nSPS) is 10.5. The SMILES string of the molecule is NCc1csc(C(=O)NCc2cccc(-c3ccncc3)c2)c1. The number of nitrogens with zero attached hydrogens (tertiary/aromatic N) is 1. The minimum atomic E-state index is -0.0657. The maximum atomic E-state index is 12.2. The van der Waals surface area contributed by atoms with Gasteiger partial charge in [0.25, 0.3) is 5.91 Å². The molecular formula is C18H17N3OS. The molecule has 3 rings (SSSR count). The summed E-state index contributed by atoms with van der Waals surface area (Å²) in [5.74, 6) is -0.0657. The molecule has 0 atom stereocenters. The van der Waals surface area contributed by atoms with Gasteiger partial charge in [0.15, 0.2) is 0 Å². The van der Waals surface area contributed by atoms with E-state index in [0.29, 0.717) is 18.0 Å². The molecule has 0 aliphatic carbocycles. The van der Waals surface area contributed by atoms with Gasteiger partial charge in [-0.2, -0.15) is 0 Å². The molecule has 3 aromatic rings. The van der Waals surface area contributed by atoms with Crippen molar-refractivity contribution in [2.45, 2.75) is 13.1 Å². The molecule has 0 bridgehead atoms. The molecule has 0 aliphatic heterocycles. The maximum absolute atomic E-state index is 12.2. The van der Waals surface area contributed by atoms with Gasteiger partial charge in [-0.3, -0.25) is 9.78 Å². The zero-order valence-corrected chi connectivity index (χ0v) is 13.3. The summed E-state index contributed by atoms with van der Waals surface area (Å²) in [6.07, 6.45) is 3.55. The van der Waals surface area contributed by atoms with Crippen molar-refractivity contribution in [3.8, 4) is 11.1 Å². The predicted octanol–water partition coefficient (Wildman–Crippen LogP) is 3.20. The van der Waals surface area contributed by atoms with Gasteiger partial charge in [0, 0.05) is 25.5 Å². The van der Waals surface area contributed by atoms with Crippen molar-refractivity contribution < 1.29 is 4.79 Å². The van der Waals surface area contributed by atoms with Crippen LogP contribution in [0.2, 0.25) is 0 Å². The van der Waals surface area contributed by atoms with E-state index >= 15 is 0 Å². The van der Waals surface area contributed by atoms with Crippen molar-refractivity contribution in [3.05, 3.63) is 76.2 Å². The second-order valence-corrected chi connectivity index (χ2v) is 6.05. The molecule has 1 aromatic carbocycles. The van der Waals surface area contributed by atoms with Gasteiger partial charge in [0.05, 0.1) is 4.88 Å². The number of aromatic nitrogens is 1. The number of rotatable bonds is 5. The Morgan fingerprint density at radius 1 is 1.09 bits per heavy atom. The lowest BCUT2D eigenvalue weighted by atomic mass is 10.0. The minimum Gasteiger partial charge on any atom is -0.347 e. The van der Waals surface area contributed by atoms with E-state index in [9.17, 15) is 4.79 Å². The molecule has 5 heteroatoms. The molecule has 116 valence electrons. The molecule has 0 spiro atoms. The average Bonchev–Trinajstić information content (AvgIpc) is 3.10. The smallest absolute Gasteiger partial charge is 0.261 e. The first-order valence-corrected chi connectivity index (χ1v) is 8.19. The fraction of sp³-hybridized carbons (Fsp3) is 0.111. The zero-order valence-electron chi connectivity index (χ0n) is 12.5. The highest BCUT2D eigenvalue weighted by Crippen LogP contribution is 2.19. The molecule has 0 unspecified atom stereocenters. The molecule has 0 saturated heterocycles. The molecule has 3 N–H and O–H groups in total. The number of benzene rings is 1. The van der Waals surface area contributed by atoms with Gasteiger partial charge in [0.1, 0.15) is 0 Å². The molecule has 1 amide bonds. The average molecular weight is 323 g/mol. The van der Waals surface area contributed by atoms with E-state index in [2.05, 4.69) is 16.4 Å². The van der Waals surface area contributed by atoms with Crippen molar-refractivity contribution in [1.29, 1.82) is 0 Å². The van der Waals surface area contributed by atoms with Crippen LogP contribution in [-0.2, 0) is 13.1 Å². The first-order valence-electron chi connectivity index (χ1n) is 7.31. The van der Waals surface area contributed by atoms with Crippen molar-refractivity contribution in [2.24, 2.45) is 5.73 Å². The molecule has 2 aromatic heterocycles. The van der Waals surface area contributed by atoms with E-state index in [1.807, 2.05) is 41.8 Å². The van der Waals surface area contributed by atoms with Crippen molar-refractivity contribution in [1.82, 2.24) is 10.3 Å². The van der Waals surface area contributed by atoms with Gasteiger partial charge >= 0.3 is 0 Å². The van der Waals surface area contributed by atoms with Gasteiger partial charge < -0.3 is 11.1 Å². The van der Waals surface area contributed by atoms with Crippen LogP contribution in [0.1, 0.15) is 20.8 Å². The number of nitrogens with two attached hydrogens (primary N) is 1. The summed E-state index contributed by atoms with van der Waals surface area (Å²) in [6, 6.07) is 13.9. The third-order valence-corrected chi connectivity index (χ3v) is 4.48. The molecule has 0 saturated carbocycles. The molecule has 2 heterocycles. The Bertz CT molecular complexity index is 799. The Balaban J connectivity index is 1.68. The molecule has 23 heavy (non-hydrogen) atoms. The van der Waals surface area contributed by atoms with E-state index in [-0.39, 0.29) is 5.91 Å². The lowest BCUT2D eigenvalue weighted by molar-refractivity contribution is 0.0955. The highest BCUT2D eigenvalue weighted by atomic mass is 32.1. The number of nitrogens with one attached hydrogen (secondary N) is 1. The Morgan fingerprint density at radius 3 is 2.65 bits per heavy atom. The van der Waals surface area contributed by atoms with E-state index < -0.39 is 0 Å². The van der Waals surface area contributed by atoms with E-state index in [1.165, 1.54) is 11.3 Å². The zero-order chi connectivity index (χ0) is 16.1. The summed E-state index contributed by atoms with van der Waals surface area (Å²) in [5, 5.41) is 4.87. The van der Waals surface area contributed by atoms with Crippen LogP contribution >= 0.6 is 11.3 Å². The lowest BCUT2D eigenvalue weighted by Crippen LogP contribution is -2.21. The number of carbonyl (C=O) groups excluding carboxylic acids is 1. The Hall–Kier alpha value is -2.50. The van der Waals surface area contributed by atoms with Crippen LogP contribution in [-0.4, -0.2) is 10.9 Å². The summed E-state index contributed by atoms with van der Waals surface area (Å²) < 4.78 is 0. The number of carbonyl (C=O) groups is 1. The van der Waals surface area contributed by atoms with Crippen molar-refractivity contribution >= 4 is 17.2 Å². The van der Waals surface area contributed by atoms with Crippen LogP contribution < -0.4 is 11.1 Å². The minimum absolute atomic E-state index is 0.0657. The van der Waals surface area contributed by atoms with Gasteiger partial charge in [0.2, 0.25) is 0 Å². The molecule has 0 radical (unpaired) electrons. The van der Waals surface area contributed by atoms with E-state index in [0.717, 1.165) is 22.3 Å². The number of hydrogen-bond donors (Lipinski definition) is 2. The second kappa shape index (κ2) is 7.17. The third-order valence-electron chi connectivity index (χ3n) is 3.51. The fourth-order valence-corrected chi connectivity index (χ4v) is 3.12. The molecule has 0 aliphatic rings. The van der Waals surface area contributed by atoms with Crippen LogP contribution in [0.25, 0.3) is 11.1 Å². The number of thiophene rings is 1. The van der Waals surface area contributed by atoms with Crippen molar-refractivity contribution in [3.63, 3.8) is 0 Å². The highest BCUT2D eigenvalue weighted by Gasteiger charge is 2.08. The number of hydrogen-bond acceptors (Lipinski definition) is 4. The van der Waals surface area contributed by atoms with Gasteiger partial charge in [-0.15, -0.1) is 11.3 Å². The van der Waals surface area contributed by atoms with Crippen LogP contribution in [0.3, 0.4) is 0 Å². The third kappa shape index (κ3) is 3.83. The van der Waals surface area contributed by atoms with Gasteiger partial charge in [-0.25, -0.2) is 0 Å². The Kier molecular flexibility index (Phi) is 4.80. The summed E-state index contributed by atoms with van der Waals surface area (Å²) in [7, 11) is 0. The molecular weight excluding hydrogens is 306 g/mol. The standard InChI is InChI=1S/C18H17N3OS/c19-10-14-9-17(23-12-14)18(22)21-11-13-2-1-3-16(8-13)15-4-6-20-7-5-15/h1-9,12H,10-11,19H2,(H,21,22). The largest absolute Gasteiger partial charge is 0.347 e. The summed E-state index contributed by atoms with van der Waals surface area (Å²) in [5.41, 5.74) is 9.84. The van der Waals surface area contributed by atoms with Crippen LogP contribution in [0.5, 0.6) is 0 Å². The first kappa shape index (κ1) is 15.4. The lowest BCUT2D eigenvalue weighted by Gasteiger charge is -2.07. The van der Waals surface area contributed by atoms with Crippen LogP contribution in [0.15, 0.2) is 60.2 Å². The van der Waals surface area contributed by atoms with E-state index in [4.69, 9.17) is 5.73 Å².